The van der Waals surface area contributed by atoms with Crippen molar-refractivity contribution in [1.29, 1.82) is 5.26 Å². The lowest BCUT2D eigenvalue weighted by Gasteiger charge is -2.15. The maximum atomic E-state index is 8.87. The van der Waals surface area contributed by atoms with Gasteiger partial charge < -0.3 is 10.2 Å². The van der Waals surface area contributed by atoms with Crippen LogP contribution in [-0.2, 0) is 6.54 Å². The van der Waals surface area contributed by atoms with Gasteiger partial charge in [-0.15, -0.1) is 0 Å². The molecule has 0 radical (unpaired) electrons. The fourth-order valence-electron chi connectivity index (χ4n) is 2.97. The van der Waals surface area contributed by atoms with Crippen molar-refractivity contribution in [1.82, 2.24) is 10.2 Å². The first-order chi connectivity index (χ1) is 9.35. The second kappa shape index (κ2) is 5.73. The number of benzene rings is 1. The molecule has 0 spiro atoms. The van der Waals surface area contributed by atoms with Crippen LogP contribution in [0.1, 0.15) is 30.4 Å². The Morgan fingerprint density at radius 1 is 1.32 bits per heavy atom. The van der Waals surface area contributed by atoms with Crippen LogP contribution in [0.4, 0.5) is 0 Å². The van der Waals surface area contributed by atoms with Gasteiger partial charge in [0.05, 0.1) is 11.6 Å². The molecule has 100 valence electrons. The van der Waals surface area contributed by atoms with Crippen molar-refractivity contribution in [2.75, 3.05) is 19.6 Å². The Morgan fingerprint density at radius 2 is 2.21 bits per heavy atom. The van der Waals surface area contributed by atoms with E-state index >= 15 is 0 Å². The molecule has 2 fully saturated rings. The van der Waals surface area contributed by atoms with E-state index in [9.17, 15) is 0 Å². The van der Waals surface area contributed by atoms with Gasteiger partial charge in [-0.2, -0.15) is 5.26 Å². The molecular weight excluding hydrogens is 234 g/mol. The summed E-state index contributed by atoms with van der Waals surface area (Å²) >= 11 is 0. The van der Waals surface area contributed by atoms with Crippen molar-refractivity contribution in [2.45, 2.75) is 31.8 Å². The molecule has 1 heterocycles. The van der Waals surface area contributed by atoms with E-state index in [1.165, 1.54) is 37.9 Å². The van der Waals surface area contributed by atoms with Crippen LogP contribution in [0.5, 0.6) is 0 Å². The summed E-state index contributed by atoms with van der Waals surface area (Å²) < 4.78 is 0. The number of hydrogen-bond acceptors (Lipinski definition) is 3. The van der Waals surface area contributed by atoms with Gasteiger partial charge in [0.15, 0.2) is 0 Å². The zero-order valence-electron chi connectivity index (χ0n) is 11.3. The Kier molecular flexibility index (Phi) is 3.82. The average Bonchev–Trinajstić information content (AvgIpc) is 3.19. The minimum Gasteiger partial charge on any atom is -0.312 e. The molecule has 3 heteroatoms. The van der Waals surface area contributed by atoms with Crippen molar-refractivity contribution < 1.29 is 0 Å². The highest BCUT2D eigenvalue weighted by molar-refractivity contribution is 5.32. The first kappa shape index (κ1) is 12.7. The van der Waals surface area contributed by atoms with Crippen LogP contribution in [0, 0.1) is 17.2 Å². The largest absolute Gasteiger partial charge is 0.312 e. The number of nitrogens with one attached hydrogen (secondary N) is 1. The predicted octanol–water partition coefficient (Wildman–Crippen LogP) is 2.13. The van der Waals surface area contributed by atoms with E-state index in [4.69, 9.17) is 5.26 Å². The molecule has 1 atom stereocenters. The maximum absolute atomic E-state index is 8.87. The van der Waals surface area contributed by atoms with Gasteiger partial charge in [-0.3, -0.25) is 0 Å². The minimum absolute atomic E-state index is 0.750. The first-order valence-corrected chi connectivity index (χ1v) is 7.29. The van der Waals surface area contributed by atoms with Gasteiger partial charge in [0.25, 0.3) is 0 Å². The van der Waals surface area contributed by atoms with Crippen LogP contribution in [0.15, 0.2) is 24.3 Å². The molecule has 0 bridgehead atoms. The van der Waals surface area contributed by atoms with Crippen molar-refractivity contribution in [3.05, 3.63) is 35.4 Å². The van der Waals surface area contributed by atoms with E-state index in [1.54, 1.807) is 0 Å². The van der Waals surface area contributed by atoms with Gasteiger partial charge in [0.1, 0.15) is 0 Å². The molecule has 19 heavy (non-hydrogen) atoms. The molecule has 1 saturated heterocycles. The van der Waals surface area contributed by atoms with E-state index in [-0.39, 0.29) is 0 Å². The normalized spacial score (nSPS) is 23.4. The lowest BCUT2D eigenvalue weighted by molar-refractivity contribution is 0.312. The van der Waals surface area contributed by atoms with Crippen LogP contribution in [0.3, 0.4) is 0 Å². The van der Waals surface area contributed by atoms with E-state index < -0.39 is 0 Å². The van der Waals surface area contributed by atoms with Crippen LogP contribution in [0.2, 0.25) is 0 Å². The molecule has 1 aromatic rings. The second-order valence-corrected chi connectivity index (χ2v) is 5.82. The molecule has 0 amide bonds. The van der Waals surface area contributed by atoms with E-state index in [1.807, 2.05) is 18.2 Å². The van der Waals surface area contributed by atoms with Crippen LogP contribution in [0.25, 0.3) is 0 Å². The van der Waals surface area contributed by atoms with Crippen LogP contribution >= 0.6 is 0 Å². The Morgan fingerprint density at radius 3 is 3.00 bits per heavy atom. The number of nitriles is 1. The summed E-state index contributed by atoms with van der Waals surface area (Å²) in [6.45, 7) is 4.53. The fraction of sp³-hybridized carbons (Fsp3) is 0.562. The monoisotopic (exact) mass is 255 g/mol. The lowest BCUT2D eigenvalue weighted by atomic mass is 10.1. The van der Waals surface area contributed by atoms with Crippen molar-refractivity contribution in [3.8, 4) is 6.07 Å². The second-order valence-electron chi connectivity index (χ2n) is 5.82. The summed E-state index contributed by atoms with van der Waals surface area (Å²) in [7, 11) is 0. The highest BCUT2D eigenvalue weighted by atomic mass is 15.2. The SMILES string of the molecule is N#Cc1cccc(CNCC2CCN(C3CC3)C2)c1. The molecule has 3 rings (SSSR count). The first-order valence-electron chi connectivity index (χ1n) is 7.29. The highest BCUT2D eigenvalue weighted by Gasteiger charge is 2.33. The summed E-state index contributed by atoms with van der Waals surface area (Å²) in [4.78, 5) is 2.66. The summed E-state index contributed by atoms with van der Waals surface area (Å²) in [6, 6.07) is 11.0. The zero-order chi connectivity index (χ0) is 13.1. The molecule has 2 aliphatic rings. The Bertz CT molecular complexity index is 473. The Labute approximate surface area is 115 Å². The van der Waals surface area contributed by atoms with Gasteiger partial charge in [-0.1, -0.05) is 12.1 Å². The van der Waals surface area contributed by atoms with Crippen molar-refractivity contribution in [2.24, 2.45) is 5.92 Å². The summed E-state index contributed by atoms with van der Waals surface area (Å²) in [5.74, 6) is 0.805. The van der Waals surface area contributed by atoms with Gasteiger partial charge in [0, 0.05) is 19.1 Å². The van der Waals surface area contributed by atoms with Crippen molar-refractivity contribution >= 4 is 0 Å². The fourth-order valence-corrected chi connectivity index (χ4v) is 2.97. The Hall–Kier alpha value is -1.37. The number of nitrogens with zero attached hydrogens (tertiary/aromatic N) is 2. The molecule has 1 N–H and O–H groups in total. The molecule has 1 aliphatic heterocycles. The number of rotatable bonds is 5. The summed E-state index contributed by atoms with van der Waals surface area (Å²) in [6.07, 6.45) is 4.17. The topological polar surface area (TPSA) is 39.1 Å². The third kappa shape index (κ3) is 3.34. The number of likely N-dealkylation sites (tertiary alicyclic amines) is 1. The number of hydrogen-bond donors (Lipinski definition) is 1. The molecule has 0 aromatic heterocycles. The molecule has 1 saturated carbocycles. The third-order valence-electron chi connectivity index (χ3n) is 4.20. The smallest absolute Gasteiger partial charge is 0.0991 e. The average molecular weight is 255 g/mol. The molecular formula is C16H21N3. The van der Waals surface area contributed by atoms with E-state index in [0.29, 0.717) is 0 Å². The third-order valence-corrected chi connectivity index (χ3v) is 4.20. The molecule has 3 nitrogen and oxygen atoms in total. The van der Waals surface area contributed by atoms with E-state index in [0.717, 1.165) is 30.6 Å². The minimum atomic E-state index is 0.750. The zero-order valence-corrected chi connectivity index (χ0v) is 11.3. The summed E-state index contributed by atoms with van der Waals surface area (Å²) in [5, 5.41) is 12.4. The quantitative estimate of drug-likeness (QED) is 0.876. The summed E-state index contributed by atoms with van der Waals surface area (Å²) in [5.41, 5.74) is 1.95. The van der Waals surface area contributed by atoms with Gasteiger partial charge in [0.2, 0.25) is 0 Å². The highest BCUT2D eigenvalue weighted by Crippen LogP contribution is 2.31. The standard InChI is InChI=1S/C16H21N3/c17-9-13-2-1-3-14(8-13)10-18-11-15-6-7-19(12-15)16-4-5-16/h1-3,8,15-16,18H,4-7,10-12H2. The Balaban J connectivity index is 1.42. The lowest BCUT2D eigenvalue weighted by Crippen LogP contribution is -2.27. The maximum Gasteiger partial charge on any atom is 0.0991 e. The molecule has 1 aliphatic carbocycles. The van der Waals surface area contributed by atoms with Gasteiger partial charge in [-0.25, -0.2) is 0 Å². The molecule has 1 unspecified atom stereocenters. The molecule has 1 aromatic carbocycles. The van der Waals surface area contributed by atoms with Gasteiger partial charge in [-0.05, 0) is 56.0 Å². The van der Waals surface area contributed by atoms with Crippen LogP contribution < -0.4 is 5.32 Å². The van der Waals surface area contributed by atoms with Crippen LogP contribution in [-0.4, -0.2) is 30.6 Å². The van der Waals surface area contributed by atoms with Crippen molar-refractivity contribution in [3.63, 3.8) is 0 Å². The predicted molar refractivity (Wildman–Crippen MR) is 75.6 cm³/mol. The van der Waals surface area contributed by atoms with E-state index in [2.05, 4.69) is 22.4 Å². The van der Waals surface area contributed by atoms with Gasteiger partial charge >= 0.3 is 0 Å².